The average molecular weight is 430 g/mol. The Labute approximate surface area is 188 Å². The molecule has 0 saturated carbocycles. The van der Waals surface area contributed by atoms with Crippen molar-refractivity contribution in [1.82, 2.24) is 9.88 Å². The molecule has 164 valence electrons. The number of rotatable bonds is 6. The molecule has 3 aromatic rings. The van der Waals surface area contributed by atoms with Crippen molar-refractivity contribution in [2.75, 3.05) is 13.2 Å². The number of ether oxygens (including phenoxy) is 1. The maximum absolute atomic E-state index is 12.9. The summed E-state index contributed by atoms with van der Waals surface area (Å²) in [5.74, 6) is 0.284. The largest absolute Gasteiger partial charge is 0.483 e. The summed E-state index contributed by atoms with van der Waals surface area (Å²) in [5, 5.41) is 0. The first-order chi connectivity index (χ1) is 15.4. The highest BCUT2D eigenvalue weighted by molar-refractivity contribution is 5.94. The second kappa shape index (κ2) is 9.22. The van der Waals surface area contributed by atoms with E-state index in [-0.39, 0.29) is 18.6 Å². The fourth-order valence-electron chi connectivity index (χ4n) is 4.24. The lowest BCUT2D eigenvalue weighted by Gasteiger charge is -2.25. The highest BCUT2D eigenvalue weighted by Crippen LogP contribution is 2.32. The Hall–Kier alpha value is -3.67. The van der Waals surface area contributed by atoms with Gasteiger partial charge in [0.1, 0.15) is 5.75 Å². The second-order valence-electron chi connectivity index (χ2n) is 8.17. The van der Waals surface area contributed by atoms with Gasteiger partial charge in [0, 0.05) is 23.9 Å². The molecule has 1 aromatic heterocycles. The molecule has 32 heavy (non-hydrogen) atoms. The van der Waals surface area contributed by atoms with Gasteiger partial charge in [0.25, 0.3) is 5.91 Å². The molecule has 1 saturated heterocycles. The Balaban J connectivity index is 1.46. The number of hydrogen-bond donors (Lipinski definition) is 1. The Bertz CT molecular complexity index is 1120. The topological polar surface area (TPSA) is 85.5 Å². The number of likely N-dealkylation sites (tertiary alicyclic amines) is 1. The summed E-state index contributed by atoms with van der Waals surface area (Å²) in [6.45, 7) is 4.68. The molecule has 0 spiro atoms. The third kappa shape index (κ3) is 4.49. The number of aromatic nitrogens is 1. The molecule has 1 fully saturated rings. The maximum atomic E-state index is 12.9. The van der Waals surface area contributed by atoms with Crippen LogP contribution in [0, 0.1) is 13.8 Å². The van der Waals surface area contributed by atoms with E-state index in [4.69, 9.17) is 10.5 Å². The first-order valence-corrected chi connectivity index (χ1v) is 10.8. The van der Waals surface area contributed by atoms with Gasteiger partial charge < -0.3 is 15.4 Å². The van der Waals surface area contributed by atoms with Gasteiger partial charge in [-0.25, -0.2) is 0 Å². The van der Waals surface area contributed by atoms with Gasteiger partial charge >= 0.3 is 0 Å². The van der Waals surface area contributed by atoms with Crippen molar-refractivity contribution in [2.45, 2.75) is 32.7 Å². The standard InChI is InChI=1S/C26H27N3O3/c1-17-6-3-7-18(2)25(17)32-16-24(30)29-13-5-10-23(29)22-12-11-21(15-28-22)19-8-4-9-20(14-19)26(27)31/h3-4,6-9,11-12,14-15,23H,5,10,13,16H2,1-2H3,(H2,27,31)/t23-/m0/s1. The zero-order valence-corrected chi connectivity index (χ0v) is 18.4. The summed E-state index contributed by atoms with van der Waals surface area (Å²) < 4.78 is 5.88. The number of hydrogen-bond acceptors (Lipinski definition) is 4. The lowest BCUT2D eigenvalue weighted by molar-refractivity contribution is -0.134. The van der Waals surface area contributed by atoms with Gasteiger partial charge in [-0.1, -0.05) is 36.4 Å². The van der Waals surface area contributed by atoms with Crippen molar-refractivity contribution in [3.05, 3.63) is 83.2 Å². The molecule has 2 N–H and O–H groups in total. The molecule has 1 aliphatic rings. The quantitative estimate of drug-likeness (QED) is 0.636. The van der Waals surface area contributed by atoms with Crippen molar-refractivity contribution in [2.24, 2.45) is 5.73 Å². The molecular formula is C26H27N3O3. The molecule has 6 heteroatoms. The van der Waals surface area contributed by atoms with Crippen LogP contribution in [0.2, 0.25) is 0 Å². The first-order valence-electron chi connectivity index (χ1n) is 10.8. The summed E-state index contributed by atoms with van der Waals surface area (Å²) >= 11 is 0. The molecule has 2 amide bonds. The molecular weight excluding hydrogens is 402 g/mol. The average Bonchev–Trinajstić information content (AvgIpc) is 3.29. The minimum absolute atomic E-state index is 0.0141. The Morgan fingerprint density at radius 2 is 1.81 bits per heavy atom. The van der Waals surface area contributed by atoms with Crippen LogP contribution in [-0.2, 0) is 4.79 Å². The predicted octanol–water partition coefficient (Wildman–Crippen LogP) is 4.21. The SMILES string of the molecule is Cc1cccc(C)c1OCC(=O)N1CCC[C@H]1c1ccc(-c2cccc(C(N)=O)c2)cn1. The number of primary amides is 1. The van der Waals surface area contributed by atoms with Crippen molar-refractivity contribution >= 4 is 11.8 Å². The first kappa shape index (κ1) is 21.6. The second-order valence-corrected chi connectivity index (χ2v) is 8.17. The number of aryl methyl sites for hydroxylation is 2. The number of para-hydroxylation sites is 1. The van der Waals surface area contributed by atoms with E-state index < -0.39 is 5.91 Å². The van der Waals surface area contributed by atoms with Gasteiger partial charge in [-0.05, 0) is 61.6 Å². The number of nitrogens with zero attached hydrogens (tertiary/aromatic N) is 2. The number of carbonyl (C=O) groups is 2. The number of nitrogens with two attached hydrogens (primary N) is 1. The van der Waals surface area contributed by atoms with Gasteiger partial charge in [0.15, 0.2) is 6.61 Å². The lowest BCUT2D eigenvalue weighted by Crippen LogP contribution is -2.34. The molecule has 0 bridgehead atoms. The van der Waals surface area contributed by atoms with E-state index in [0.29, 0.717) is 12.1 Å². The smallest absolute Gasteiger partial charge is 0.261 e. The van der Waals surface area contributed by atoms with E-state index in [1.807, 2.05) is 55.1 Å². The number of carbonyl (C=O) groups excluding carboxylic acids is 2. The van der Waals surface area contributed by atoms with Gasteiger partial charge in [-0.3, -0.25) is 14.6 Å². The van der Waals surface area contributed by atoms with Crippen LogP contribution >= 0.6 is 0 Å². The molecule has 2 heterocycles. The van der Waals surface area contributed by atoms with Crippen molar-refractivity contribution in [3.63, 3.8) is 0 Å². The minimum Gasteiger partial charge on any atom is -0.483 e. The van der Waals surface area contributed by atoms with Gasteiger partial charge in [0.05, 0.1) is 11.7 Å². The van der Waals surface area contributed by atoms with Crippen molar-refractivity contribution < 1.29 is 14.3 Å². The van der Waals surface area contributed by atoms with E-state index in [2.05, 4.69) is 4.98 Å². The van der Waals surface area contributed by atoms with E-state index in [1.54, 1.807) is 24.4 Å². The van der Waals surface area contributed by atoms with Crippen molar-refractivity contribution in [1.29, 1.82) is 0 Å². The number of pyridine rings is 1. The maximum Gasteiger partial charge on any atom is 0.261 e. The van der Waals surface area contributed by atoms with Crippen LogP contribution in [0.25, 0.3) is 11.1 Å². The molecule has 0 unspecified atom stereocenters. The predicted molar refractivity (Wildman–Crippen MR) is 123 cm³/mol. The van der Waals surface area contributed by atoms with E-state index >= 15 is 0 Å². The van der Waals surface area contributed by atoms with Crippen LogP contribution in [0.3, 0.4) is 0 Å². The summed E-state index contributed by atoms with van der Waals surface area (Å²) in [4.78, 5) is 30.9. The van der Waals surface area contributed by atoms with Crippen molar-refractivity contribution in [3.8, 4) is 16.9 Å². The third-order valence-electron chi connectivity index (χ3n) is 5.93. The summed E-state index contributed by atoms with van der Waals surface area (Å²) in [5.41, 5.74) is 10.5. The zero-order chi connectivity index (χ0) is 22.7. The van der Waals surface area contributed by atoms with E-state index in [9.17, 15) is 9.59 Å². The van der Waals surface area contributed by atoms with Gasteiger partial charge in [-0.2, -0.15) is 0 Å². The number of amides is 2. The van der Waals surface area contributed by atoms with Crippen LogP contribution in [0.15, 0.2) is 60.8 Å². The Morgan fingerprint density at radius 3 is 2.50 bits per heavy atom. The van der Waals surface area contributed by atoms with Crippen LogP contribution in [0.4, 0.5) is 0 Å². The molecule has 4 rings (SSSR count). The van der Waals surface area contributed by atoms with Crippen LogP contribution in [0.1, 0.15) is 46.1 Å². The molecule has 1 aliphatic heterocycles. The monoisotopic (exact) mass is 429 g/mol. The Morgan fingerprint density at radius 1 is 1.06 bits per heavy atom. The molecule has 6 nitrogen and oxygen atoms in total. The molecule has 0 aliphatic carbocycles. The fourth-order valence-corrected chi connectivity index (χ4v) is 4.24. The highest BCUT2D eigenvalue weighted by atomic mass is 16.5. The summed E-state index contributed by atoms with van der Waals surface area (Å²) in [7, 11) is 0. The number of benzene rings is 2. The minimum atomic E-state index is -0.459. The fraction of sp³-hybridized carbons (Fsp3) is 0.269. The van der Waals surface area contributed by atoms with Crippen LogP contribution in [-0.4, -0.2) is 34.8 Å². The van der Waals surface area contributed by atoms with Crippen LogP contribution < -0.4 is 10.5 Å². The van der Waals surface area contributed by atoms with Gasteiger partial charge in [0.2, 0.25) is 5.91 Å². The summed E-state index contributed by atoms with van der Waals surface area (Å²) in [6, 6.07) is 17.0. The third-order valence-corrected chi connectivity index (χ3v) is 5.93. The molecule has 2 aromatic carbocycles. The highest BCUT2D eigenvalue weighted by Gasteiger charge is 2.31. The Kier molecular flexibility index (Phi) is 6.21. The molecule has 1 atom stereocenters. The lowest BCUT2D eigenvalue weighted by atomic mass is 10.0. The summed E-state index contributed by atoms with van der Waals surface area (Å²) in [6.07, 6.45) is 3.59. The zero-order valence-electron chi connectivity index (χ0n) is 18.4. The van der Waals surface area contributed by atoms with E-state index in [0.717, 1.165) is 46.5 Å². The molecule has 0 radical (unpaired) electrons. The van der Waals surface area contributed by atoms with E-state index in [1.165, 1.54) is 0 Å². The van der Waals surface area contributed by atoms with Crippen LogP contribution in [0.5, 0.6) is 5.75 Å². The normalized spacial score (nSPS) is 15.6. The van der Waals surface area contributed by atoms with Gasteiger partial charge in [-0.15, -0.1) is 0 Å².